The van der Waals surface area contributed by atoms with Crippen molar-refractivity contribution in [3.8, 4) is 0 Å². The normalized spacial score (nSPS) is 16.5. The van der Waals surface area contributed by atoms with E-state index in [1.807, 2.05) is 17.9 Å². The summed E-state index contributed by atoms with van der Waals surface area (Å²) in [4.78, 5) is 5.23. The monoisotopic (exact) mass is 354 g/mol. The summed E-state index contributed by atoms with van der Waals surface area (Å²) in [6, 6.07) is 8.80. The molecule has 1 fully saturated rings. The van der Waals surface area contributed by atoms with Crippen LogP contribution in [0.2, 0.25) is 0 Å². The van der Waals surface area contributed by atoms with Gasteiger partial charge >= 0.3 is 0 Å². The van der Waals surface area contributed by atoms with Crippen molar-refractivity contribution in [1.29, 1.82) is 0 Å². The second-order valence-corrected chi connectivity index (χ2v) is 7.81. The van der Waals surface area contributed by atoms with E-state index in [1.54, 1.807) is 0 Å². The van der Waals surface area contributed by atoms with Crippen LogP contribution in [-0.2, 0) is 20.0 Å². The Labute approximate surface area is 158 Å². The van der Waals surface area contributed by atoms with E-state index in [0.29, 0.717) is 0 Å². The van der Waals surface area contributed by atoms with Crippen LogP contribution >= 0.6 is 0 Å². The maximum Gasteiger partial charge on any atom is 0.0534 e. The Balaban J connectivity index is 1.40. The lowest BCUT2D eigenvalue weighted by Gasteiger charge is -2.34. The van der Waals surface area contributed by atoms with Crippen molar-refractivity contribution in [3.63, 3.8) is 0 Å². The topological polar surface area (TPSA) is 24.3 Å². The SMILES string of the molecule is CCN(Cc1cnn(C)c1)CC1CCN(CCc2ccccc2C)CC1. The van der Waals surface area contributed by atoms with Crippen LogP contribution < -0.4 is 0 Å². The van der Waals surface area contributed by atoms with Crippen LogP contribution in [0.1, 0.15) is 36.5 Å². The average molecular weight is 355 g/mol. The first-order valence-corrected chi connectivity index (χ1v) is 10.1. The van der Waals surface area contributed by atoms with Crippen molar-refractivity contribution < 1.29 is 0 Å². The molecule has 1 saturated heterocycles. The van der Waals surface area contributed by atoms with Crippen LogP contribution in [0, 0.1) is 12.8 Å². The molecule has 0 saturated carbocycles. The third-order valence-corrected chi connectivity index (χ3v) is 5.79. The maximum absolute atomic E-state index is 4.30. The fourth-order valence-corrected chi connectivity index (χ4v) is 4.04. The van der Waals surface area contributed by atoms with Crippen molar-refractivity contribution in [2.75, 3.05) is 32.7 Å². The first-order chi connectivity index (χ1) is 12.6. The molecule has 1 aromatic heterocycles. The fourth-order valence-electron chi connectivity index (χ4n) is 4.04. The van der Waals surface area contributed by atoms with E-state index in [9.17, 15) is 0 Å². The molecule has 0 amide bonds. The highest BCUT2D eigenvalue weighted by Gasteiger charge is 2.21. The van der Waals surface area contributed by atoms with Crippen LogP contribution in [0.3, 0.4) is 0 Å². The number of likely N-dealkylation sites (tertiary alicyclic amines) is 1. The highest BCUT2D eigenvalue weighted by Crippen LogP contribution is 2.20. The van der Waals surface area contributed by atoms with E-state index in [4.69, 9.17) is 0 Å². The molecule has 0 N–H and O–H groups in total. The maximum atomic E-state index is 4.30. The van der Waals surface area contributed by atoms with E-state index in [0.717, 1.165) is 19.0 Å². The highest BCUT2D eigenvalue weighted by atomic mass is 15.2. The minimum atomic E-state index is 0.835. The van der Waals surface area contributed by atoms with Crippen LogP contribution in [-0.4, -0.2) is 52.3 Å². The minimum absolute atomic E-state index is 0.835. The Kier molecular flexibility index (Phi) is 6.86. The van der Waals surface area contributed by atoms with E-state index in [1.165, 1.54) is 62.1 Å². The van der Waals surface area contributed by atoms with Gasteiger partial charge in [0.2, 0.25) is 0 Å². The van der Waals surface area contributed by atoms with Gasteiger partial charge in [-0.05, 0) is 62.9 Å². The predicted molar refractivity (Wildman–Crippen MR) is 108 cm³/mol. The number of piperidine rings is 1. The Morgan fingerprint density at radius 2 is 1.96 bits per heavy atom. The predicted octanol–water partition coefficient (Wildman–Crippen LogP) is 3.51. The molecule has 4 nitrogen and oxygen atoms in total. The summed E-state index contributed by atoms with van der Waals surface area (Å²) < 4.78 is 1.90. The van der Waals surface area contributed by atoms with Gasteiger partial charge in [0.25, 0.3) is 0 Å². The molecule has 0 radical (unpaired) electrons. The molecule has 1 aliphatic rings. The molecule has 0 unspecified atom stereocenters. The number of aryl methyl sites for hydroxylation is 2. The highest BCUT2D eigenvalue weighted by molar-refractivity contribution is 5.25. The molecule has 0 atom stereocenters. The van der Waals surface area contributed by atoms with Gasteiger partial charge in [-0.3, -0.25) is 9.58 Å². The van der Waals surface area contributed by atoms with Gasteiger partial charge in [-0.25, -0.2) is 0 Å². The van der Waals surface area contributed by atoms with Gasteiger partial charge in [0, 0.05) is 38.4 Å². The molecular weight excluding hydrogens is 320 g/mol. The Morgan fingerprint density at radius 1 is 1.19 bits per heavy atom. The van der Waals surface area contributed by atoms with E-state index in [2.05, 4.69) is 59.2 Å². The third-order valence-electron chi connectivity index (χ3n) is 5.79. The second-order valence-electron chi connectivity index (χ2n) is 7.81. The molecule has 1 aromatic carbocycles. The first kappa shape index (κ1) is 19.1. The summed E-state index contributed by atoms with van der Waals surface area (Å²) in [5.74, 6) is 0.835. The second kappa shape index (κ2) is 9.33. The molecule has 142 valence electrons. The van der Waals surface area contributed by atoms with Crippen LogP contribution in [0.15, 0.2) is 36.7 Å². The van der Waals surface area contributed by atoms with Gasteiger partial charge in [0.15, 0.2) is 0 Å². The molecule has 26 heavy (non-hydrogen) atoms. The largest absolute Gasteiger partial charge is 0.303 e. The molecule has 3 rings (SSSR count). The van der Waals surface area contributed by atoms with E-state index >= 15 is 0 Å². The van der Waals surface area contributed by atoms with Gasteiger partial charge < -0.3 is 4.90 Å². The lowest BCUT2D eigenvalue weighted by atomic mass is 9.95. The van der Waals surface area contributed by atoms with Crippen molar-refractivity contribution in [2.45, 2.75) is 39.7 Å². The smallest absolute Gasteiger partial charge is 0.0534 e. The Bertz CT molecular complexity index is 670. The van der Waals surface area contributed by atoms with Crippen molar-refractivity contribution in [2.24, 2.45) is 13.0 Å². The van der Waals surface area contributed by atoms with Crippen LogP contribution in [0.25, 0.3) is 0 Å². The summed E-state index contributed by atoms with van der Waals surface area (Å²) in [7, 11) is 1.99. The summed E-state index contributed by atoms with van der Waals surface area (Å²) in [5.41, 5.74) is 4.25. The molecule has 0 spiro atoms. The molecule has 1 aliphatic heterocycles. The van der Waals surface area contributed by atoms with Crippen molar-refractivity contribution in [1.82, 2.24) is 19.6 Å². The zero-order valence-electron chi connectivity index (χ0n) is 16.7. The first-order valence-electron chi connectivity index (χ1n) is 10.1. The Morgan fingerprint density at radius 3 is 2.62 bits per heavy atom. The average Bonchev–Trinajstić information content (AvgIpc) is 3.06. The van der Waals surface area contributed by atoms with Gasteiger partial charge in [-0.2, -0.15) is 5.10 Å². The Hall–Kier alpha value is -1.65. The molecule has 0 bridgehead atoms. The van der Waals surface area contributed by atoms with Crippen LogP contribution in [0.5, 0.6) is 0 Å². The van der Waals surface area contributed by atoms with Gasteiger partial charge in [0.1, 0.15) is 0 Å². The molecule has 2 aromatic rings. The third kappa shape index (κ3) is 5.42. The lowest BCUT2D eigenvalue weighted by Crippen LogP contribution is -2.39. The number of hydrogen-bond acceptors (Lipinski definition) is 3. The summed E-state index contributed by atoms with van der Waals surface area (Å²) in [6.07, 6.45) is 7.97. The lowest BCUT2D eigenvalue weighted by molar-refractivity contribution is 0.143. The van der Waals surface area contributed by atoms with Crippen molar-refractivity contribution in [3.05, 3.63) is 53.3 Å². The summed E-state index contributed by atoms with van der Waals surface area (Å²) in [5, 5.41) is 4.30. The number of benzene rings is 1. The summed E-state index contributed by atoms with van der Waals surface area (Å²) >= 11 is 0. The van der Waals surface area contributed by atoms with Crippen LogP contribution in [0.4, 0.5) is 0 Å². The molecular formula is C22H34N4. The van der Waals surface area contributed by atoms with Crippen molar-refractivity contribution >= 4 is 0 Å². The molecule has 0 aliphatic carbocycles. The number of nitrogens with zero attached hydrogens (tertiary/aromatic N) is 4. The number of aromatic nitrogens is 2. The zero-order valence-corrected chi connectivity index (χ0v) is 16.7. The number of rotatable bonds is 8. The van der Waals surface area contributed by atoms with E-state index in [-0.39, 0.29) is 0 Å². The zero-order chi connectivity index (χ0) is 18.4. The fraction of sp³-hybridized carbons (Fsp3) is 0.591. The standard InChI is InChI=1S/C22H34N4/c1-4-25(18-21-15-23-24(3)16-21)17-20-9-12-26(13-10-20)14-11-22-8-6-5-7-19(22)2/h5-8,15-16,20H,4,9-14,17-18H2,1-3H3. The van der Waals surface area contributed by atoms with Gasteiger partial charge in [-0.1, -0.05) is 31.2 Å². The number of hydrogen-bond donors (Lipinski definition) is 0. The van der Waals surface area contributed by atoms with Gasteiger partial charge in [-0.15, -0.1) is 0 Å². The van der Waals surface area contributed by atoms with Gasteiger partial charge in [0.05, 0.1) is 6.20 Å². The minimum Gasteiger partial charge on any atom is -0.303 e. The van der Waals surface area contributed by atoms with E-state index < -0.39 is 0 Å². The molecule has 4 heteroatoms. The summed E-state index contributed by atoms with van der Waals surface area (Å²) in [6.45, 7) is 11.6. The quantitative estimate of drug-likeness (QED) is 0.725. The molecule has 2 heterocycles.